The highest BCUT2D eigenvalue weighted by Crippen LogP contribution is 2.26. The van der Waals surface area contributed by atoms with Crippen LogP contribution in [0.25, 0.3) is 0 Å². The lowest BCUT2D eigenvalue weighted by molar-refractivity contribution is -0.117. The Labute approximate surface area is 171 Å². The fourth-order valence-corrected chi connectivity index (χ4v) is 4.02. The summed E-state index contributed by atoms with van der Waals surface area (Å²) in [5.74, 6) is -0.645. The zero-order chi connectivity index (χ0) is 20.7. The maximum atomic E-state index is 13.1. The first kappa shape index (κ1) is 20.8. The second-order valence-corrected chi connectivity index (χ2v) is 8.40. The van der Waals surface area contributed by atoms with Crippen molar-refractivity contribution in [3.63, 3.8) is 0 Å². The van der Waals surface area contributed by atoms with Crippen LogP contribution in [0.2, 0.25) is 0 Å². The van der Waals surface area contributed by atoms with Gasteiger partial charge in [-0.2, -0.15) is 0 Å². The Balaban J connectivity index is 1.78. The van der Waals surface area contributed by atoms with Crippen LogP contribution in [0.4, 0.5) is 5.69 Å². The summed E-state index contributed by atoms with van der Waals surface area (Å²) in [5.41, 5.74) is 2.31. The predicted octanol–water partition coefficient (Wildman–Crippen LogP) is 4.08. The number of anilines is 1. The van der Waals surface area contributed by atoms with Crippen LogP contribution >= 0.6 is 0 Å². The molecule has 0 heterocycles. The maximum absolute atomic E-state index is 13.1. The third-order valence-electron chi connectivity index (χ3n) is 4.77. The molecule has 3 rings (SSSR count). The molecule has 6 heteroatoms. The molecule has 29 heavy (non-hydrogen) atoms. The number of hydrogen-bond acceptors (Lipinski definition) is 3. The van der Waals surface area contributed by atoms with Crippen molar-refractivity contribution in [2.75, 3.05) is 5.32 Å². The summed E-state index contributed by atoms with van der Waals surface area (Å²) in [6, 6.07) is 25.8. The zero-order valence-electron chi connectivity index (χ0n) is 16.0. The van der Waals surface area contributed by atoms with Crippen LogP contribution in [0.15, 0.2) is 89.8 Å². The molecular weight excluding hydrogens is 384 g/mol. The highest BCUT2D eigenvalue weighted by molar-refractivity contribution is 7.89. The van der Waals surface area contributed by atoms with Crippen molar-refractivity contribution >= 4 is 21.6 Å². The van der Waals surface area contributed by atoms with E-state index in [2.05, 4.69) is 17.4 Å². The first-order chi connectivity index (χ1) is 13.9. The molecule has 0 aliphatic heterocycles. The fourth-order valence-electron chi connectivity index (χ4n) is 3.33. The number of nitrogens with one attached hydrogen (secondary N) is 1. The quantitative estimate of drug-likeness (QED) is 0.588. The SMILES string of the molecule is NS(=O)(=O)c1ccccc1NC(=O)C(CCCc1ccccc1)c1ccccc1. The minimum absolute atomic E-state index is 0.0931. The van der Waals surface area contributed by atoms with Crippen LogP contribution < -0.4 is 10.5 Å². The minimum Gasteiger partial charge on any atom is -0.324 e. The zero-order valence-corrected chi connectivity index (χ0v) is 16.8. The van der Waals surface area contributed by atoms with Gasteiger partial charge in [0.2, 0.25) is 15.9 Å². The molecule has 3 N–H and O–H groups in total. The van der Waals surface area contributed by atoms with Gasteiger partial charge >= 0.3 is 0 Å². The molecule has 0 aromatic heterocycles. The third kappa shape index (κ3) is 5.76. The van der Waals surface area contributed by atoms with E-state index in [0.29, 0.717) is 6.42 Å². The summed E-state index contributed by atoms with van der Waals surface area (Å²) in [7, 11) is -3.94. The maximum Gasteiger partial charge on any atom is 0.240 e. The average molecular weight is 409 g/mol. The number of aryl methyl sites for hydroxylation is 1. The molecule has 0 fully saturated rings. The molecular formula is C23H24N2O3S. The molecule has 0 saturated carbocycles. The molecule has 0 saturated heterocycles. The van der Waals surface area contributed by atoms with Crippen molar-refractivity contribution in [1.82, 2.24) is 0 Å². The molecule has 0 bridgehead atoms. The van der Waals surface area contributed by atoms with Gasteiger partial charge in [0.05, 0.1) is 11.6 Å². The Morgan fingerprint density at radius 2 is 1.45 bits per heavy atom. The van der Waals surface area contributed by atoms with E-state index in [9.17, 15) is 13.2 Å². The summed E-state index contributed by atoms with van der Waals surface area (Å²) in [5, 5.41) is 8.05. The van der Waals surface area contributed by atoms with Gasteiger partial charge in [-0.1, -0.05) is 72.8 Å². The van der Waals surface area contributed by atoms with Gasteiger partial charge in [0.25, 0.3) is 0 Å². The van der Waals surface area contributed by atoms with E-state index in [-0.39, 0.29) is 16.5 Å². The molecule has 150 valence electrons. The highest BCUT2D eigenvalue weighted by atomic mass is 32.2. The van der Waals surface area contributed by atoms with Crippen molar-refractivity contribution in [1.29, 1.82) is 0 Å². The van der Waals surface area contributed by atoms with Crippen LogP contribution in [-0.2, 0) is 21.2 Å². The number of para-hydroxylation sites is 1. The Kier molecular flexibility index (Phi) is 6.80. The number of carbonyl (C=O) groups is 1. The summed E-state index contributed by atoms with van der Waals surface area (Å²) >= 11 is 0. The van der Waals surface area contributed by atoms with Crippen LogP contribution in [-0.4, -0.2) is 14.3 Å². The number of rotatable bonds is 8. The molecule has 0 spiro atoms. The Bertz CT molecular complexity index is 1050. The molecule has 1 amide bonds. The minimum atomic E-state index is -3.94. The van der Waals surface area contributed by atoms with E-state index in [0.717, 1.165) is 18.4 Å². The standard InChI is InChI=1S/C23H24N2O3S/c24-29(27,28)22-17-8-7-16-21(22)25-23(26)20(19-13-5-2-6-14-19)15-9-12-18-10-3-1-4-11-18/h1-8,10-11,13-14,16-17,20H,9,12,15H2,(H,25,26)(H2,24,27,28). The summed E-state index contributed by atoms with van der Waals surface area (Å²) in [6.07, 6.45) is 2.33. The van der Waals surface area contributed by atoms with Crippen LogP contribution in [0, 0.1) is 0 Å². The Morgan fingerprint density at radius 1 is 0.862 bits per heavy atom. The molecule has 1 atom stereocenters. The second kappa shape index (κ2) is 9.49. The van der Waals surface area contributed by atoms with E-state index >= 15 is 0 Å². The number of primary sulfonamides is 1. The number of amides is 1. The van der Waals surface area contributed by atoms with Gasteiger partial charge < -0.3 is 5.32 Å². The van der Waals surface area contributed by atoms with E-state index in [1.54, 1.807) is 18.2 Å². The van der Waals surface area contributed by atoms with Gasteiger partial charge in [-0.05, 0) is 42.5 Å². The highest BCUT2D eigenvalue weighted by Gasteiger charge is 2.23. The van der Waals surface area contributed by atoms with Gasteiger partial charge in [0.1, 0.15) is 4.90 Å². The largest absolute Gasteiger partial charge is 0.324 e. The first-order valence-corrected chi connectivity index (χ1v) is 11.0. The number of hydrogen-bond donors (Lipinski definition) is 2. The Hall–Kier alpha value is -2.96. The van der Waals surface area contributed by atoms with Crippen molar-refractivity contribution in [3.05, 3.63) is 96.1 Å². The van der Waals surface area contributed by atoms with Gasteiger partial charge in [0.15, 0.2) is 0 Å². The van der Waals surface area contributed by atoms with E-state index in [1.807, 2.05) is 48.5 Å². The lowest BCUT2D eigenvalue weighted by Gasteiger charge is -2.18. The summed E-state index contributed by atoms with van der Waals surface area (Å²) < 4.78 is 23.7. The molecule has 5 nitrogen and oxygen atoms in total. The monoisotopic (exact) mass is 408 g/mol. The van der Waals surface area contributed by atoms with Crippen molar-refractivity contribution < 1.29 is 13.2 Å². The van der Waals surface area contributed by atoms with E-state index in [4.69, 9.17) is 5.14 Å². The first-order valence-electron chi connectivity index (χ1n) is 9.47. The van der Waals surface area contributed by atoms with E-state index in [1.165, 1.54) is 11.6 Å². The fraction of sp³-hybridized carbons (Fsp3) is 0.174. The summed E-state index contributed by atoms with van der Waals surface area (Å²) in [4.78, 5) is 13.0. The van der Waals surface area contributed by atoms with Gasteiger partial charge in [-0.15, -0.1) is 0 Å². The van der Waals surface area contributed by atoms with E-state index < -0.39 is 15.9 Å². The van der Waals surface area contributed by atoms with Crippen LogP contribution in [0.3, 0.4) is 0 Å². The number of carbonyl (C=O) groups excluding carboxylic acids is 1. The number of nitrogens with two attached hydrogens (primary N) is 1. The smallest absolute Gasteiger partial charge is 0.240 e. The molecule has 1 unspecified atom stereocenters. The van der Waals surface area contributed by atoms with Crippen LogP contribution in [0.5, 0.6) is 0 Å². The summed E-state index contributed by atoms with van der Waals surface area (Å²) in [6.45, 7) is 0. The van der Waals surface area contributed by atoms with Gasteiger partial charge in [-0.3, -0.25) is 4.79 Å². The van der Waals surface area contributed by atoms with Crippen molar-refractivity contribution in [2.45, 2.75) is 30.1 Å². The normalized spacial score (nSPS) is 12.3. The molecule has 0 aliphatic carbocycles. The number of benzene rings is 3. The molecule has 0 aliphatic rings. The van der Waals surface area contributed by atoms with Gasteiger partial charge in [0, 0.05) is 0 Å². The van der Waals surface area contributed by atoms with Gasteiger partial charge in [-0.25, -0.2) is 13.6 Å². The second-order valence-electron chi connectivity index (χ2n) is 6.87. The van der Waals surface area contributed by atoms with Crippen molar-refractivity contribution in [3.8, 4) is 0 Å². The molecule has 0 radical (unpaired) electrons. The topological polar surface area (TPSA) is 89.3 Å². The lowest BCUT2D eigenvalue weighted by Crippen LogP contribution is -2.23. The van der Waals surface area contributed by atoms with Crippen LogP contribution in [0.1, 0.15) is 29.9 Å². The lowest BCUT2D eigenvalue weighted by atomic mass is 9.91. The number of sulfonamides is 1. The average Bonchev–Trinajstić information content (AvgIpc) is 2.72. The Morgan fingerprint density at radius 3 is 2.10 bits per heavy atom. The third-order valence-corrected chi connectivity index (χ3v) is 5.74. The predicted molar refractivity (Wildman–Crippen MR) is 115 cm³/mol. The molecule has 3 aromatic carbocycles. The van der Waals surface area contributed by atoms with Crippen molar-refractivity contribution in [2.24, 2.45) is 5.14 Å². The molecule has 3 aromatic rings.